The lowest BCUT2D eigenvalue weighted by Gasteiger charge is -2.42. The van der Waals surface area contributed by atoms with Crippen LogP contribution < -0.4 is 4.90 Å². The van der Waals surface area contributed by atoms with Crippen molar-refractivity contribution in [2.75, 3.05) is 11.4 Å². The summed E-state index contributed by atoms with van der Waals surface area (Å²) in [6.07, 6.45) is 0.754. The molecule has 1 saturated heterocycles. The third kappa shape index (κ3) is 1.53. The summed E-state index contributed by atoms with van der Waals surface area (Å²) in [7, 11) is 0. The van der Waals surface area contributed by atoms with E-state index in [0.717, 1.165) is 5.69 Å². The van der Waals surface area contributed by atoms with E-state index in [1.54, 1.807) is 23.0 Å². The van der Waals surface area contributed by atoms with Crippen molar-refractivity contribution in [2.24, 2.45) is 0 Å². The largest absolute Gasteiger partial charge is 0.408 e. The van der Waals surface area contributed by atoms with Gasteiger partial charge in [0.15, 0.2) is 11.5 Å². The smallest absolute Gasteiger partial charge is 0.341 e. The van der Waals surface area contributed by atoms with E-state index in [-0.39, 0.29) is 6.42 Å². The minimum absolute atomic E-state index is 0.117. The Balaban J connectivity index is 2.05. The maximum Gasteiger partial charge on any atom is 0.408 e. The van der Waals surface area contributed by atoms with Crippen molar-refractivity contribution in [1.29, 1.82) is 0 Å². The van der Waals surface area contributed by atoms with Crippen molar-refractivity contribution in [3.05, 3.63) is 24.3 Å². The van der Waals surface area contributed by atoms with E-state index in [0.29, 0.717) is 18.0 Å². The van der Waals surface area contributed by atoms with Crippen molar-refractivity contribution in [3.8, 4) is 0 Å². The highest BCUT2D eigenvalue weighted by Gasteiger charge is 2.49. The Morgan fingerprint density at radius 2 is 2.11 bits per heavy atom. The van der Waals surface area contributed by atoms with E-state index in [9.17, 15) is 13.2 Å². The molecule has 2 aromatic rings. The summed E-state index contributed by atoms with van der Waals surface area (Å²) < 4.78 is 40.0. The highest BCUT2D eigenvalue weighted by atomic mass is 19.4. The quantitative estimate of drug-likeness (QED) is 0.784. The first-order chi connectivity index (χ1) is 8.48. The minimum atomic E-state index is -4.21. The standard InChI is InChI=1S/C11H11F3N4/c1-7-6-16-10(9-15-3-5-17(7)9)18-4-2-8(18)11(12,13)14/h3,5-6,8H,2,4H2,1H3/t8-/m1/s1. The molecular formula is C11H11F3N4. The number of aryl methyl sites for hydroxylation is 1. The van der Waals surface area contributed by atoms with Gasteiger partial charge in [-0.2, -0.15) is 13.2 Å². The fourth-order valence-electron chi connectivity index (χ4n) is 2.21. The van der Waals surface area contributed by atoms with Crippen LogP contribution in [0.1, 0.15) is 12.1 Å². The van der Waals surface area contributed by atoms with Crippen molar-refractivity contribution >= 4 is 11.5 Å². The molecule has 1 fully saturated rings. The minimum Gasteiger partial charge on any atom is -0.341 e. The summed E-state index contributed by atoms with van der Waals surface area (Å²) in [6.45, 7) is 2.20. The van der Waals surface area contributed by atoms with E-state index < -0.39 is 12.2 Å². The van der Waals surface area contributed by atoms with Crippen LogP contribution in [-0.2, 0) is 0 Å². The van der Waals surface area contributed by atoms with Crippen LogP contribution in [0.15, 0.2) is 18.6 Å². The Morgan fingerprint density at radius 3 is 2.72 bits per heavy atom. The Bertz CT molecular complexity index is 589. The van der Waals surface area contributed by atoms with Crippen LogP contribution in [0.2, 0.25) is 0 Å². The van der Waals surface area contributed by atoms with E-state index in [1.807, 2.05) is 6.92 Å². The first kappa shape index (κ1) is 11.3. The molecule has 1 aliphatic heterocycles. The number of hydrogen-bond acceptors (Lipinski definition) is 3. The molecule has 0 radical (unpaired) electrons. The zero-order chi connectivity index (χ0) is 12.9. The first-order valence-electron chi connectivity index (χ1n) is 5.60. The van der Waals surface area contributed by atoms with Gasteiger partial charge in [-0.3, -0.25) is 4.40 Å². The summed E-state index contributed by atoms with van der Waals surface area (Å²) in [5, 5.41) is 0. The number of rotatable bonds is 1. The van der Waals surface area contributed by atoms with Gasteiger partial charge in [-0.05, 0) is 13.3 Å². The summed E-state index contributed by atoms with van der Waals surface area (Å²) in [4.78, 5) is 9.46. The molecule has 2 aromatic heterocycles. The van der Waals surface area contributed by atoms with E-state index >= 15 is 0 Å². The lowest BCUT2D eigenvalue weighted by molar-refractivity contribution is -0.159. The summed E-state index contributed by atoms with van der Waals surface area (Å²) in [5.41, 5.74) is 1.32. The molecule has 0 aromatic carbocycles. The molecule has 0 aliphatic carbocycles. The van der Waals surface area contributed by atoms with Gasteiger partial charge in [0.2, 0.25) is 0 Å². The maximum absolute atomic E-state index is 12.7. The van der Waals surface area contributed by atoms with Gasteiger partial charge < -0.3 is 4.90 Å². The van der Waals surface area contributed by atoms with Gasteiger partial charge in [-0.1, -0.05) is 0 Å². The number of aromatic nitrogens is 3. The number of halogens is 3. The number of hydrogen-bond donors (Lipinski definition) is 0. The van der Waals surface area contributed by atoms with E-state index in [4.69, 9.17) is 0 Å². The fourth-order valence-corrected chi connectivity index (χ4v) is 2.21. The average molecular weight is 256 g/mol. The summed E-state index contributed by atoms with van der Waals surface area (Å²) in [5.74, 6) is 0.305. The van der Waals surface area contributed by atoms with Crippen LogP contribution in [-0.4, -0.2) is 33.1 Å². The molecule has 18 heavy (non-hydrogen) atoms. The van der Waals surface area contributed by atoms with E-state index in [1.165, 1.54) is 4.90 Å². The highest BCUT2D eigenvalue weighted by molar-refractivity contribution is 5.66. The summed E-state index contributed by atoms with van der Waals surface area (Å²) in [6, 6.07) is -1.44. The zero-order valence-corrected chi connectivity index (χ0v) is 9.65. The van der Waals surface area contributed by atoms with Crippen LogP contribution in [0.5, 0.6) is 0 Å². The van der Waals surface area contributed by atoms with Gasteiger partial charge in [-0.15, -0.1) is 0 Å². The molecule has 1 aliphatic rings. The molecule has 0 spiro atoms. The molecule has 0 amide bonds. The highest BCUT2D eigenvalue weighted by Crippen LogP contribution is 2.37. The van der Waals surface area contributed by atoms with Gasteiger partial charge in [0.05, 0.1) is 0 Å². The van der Waals surface area contributed by atoms with Gasteiger partial charge in [0.1, 0.15) is 6.04 Å². The summed E-state index contributed by atoms with van der Waals surface area (Å²) >= 11 is 0. The molecule has 0 bridgehead atoms. The predicted octanol–water partition coefficient (Wildman–Crippen LogP) is 2.18. The second kappa shape index (κ2) is 3.60. The molecule has 0 saturated carbocycles. The Labute approximate surface area is 101 Å². The Morgan fingerprint density at radius 1 is 1.33 bits per heavy atom. The third-order valence-electron chi connectivity index (χ3n) is 3.26. The predicted molar refractivity (Wildman–Crippen MR) is 59.5 cm³/mol. The van der Waals surface area contributed by atoms with Crippen LogP contribution in [0.4, 0.5) is 19.0 Å². The monoisotopic (exact) mass is 256 g/mol. The lowest BCUT2D eigenvalue weighted by Crippen LogP contribution is -2.56. The lowest BCUT2D eigenvalue weighted by atomic mass is 10.0. The molecule has 3 heterocycles. The number of alkyl halides is 3. The fraction of sp³-hybridized carbons (Fsp3) is 0.455. The number of nitrogens with zero attached hydrogens (tertiary/aromatic N) is 4. The molecule has 7 heteroatoms. The van der Waals surface area contributed by atoms with E-state index in [2.05, 4.69) is 9.97 Å². The second-order valence-corrected chi connectivity index (χ2v) is 4.38. The third-order valence-corrected chi connectivity index (χ3v) is 3.26. The number of fused-ring (bicyclic) bond motifs is 1. The molecular weight excluding hydrogens is 245 g/mol. The molecule has 1 atom stereocenters. The average Bonchev–Trinajstić information content (AvgIpc) is 2.67. The zero-order valence-electron chi connectivity index (χ0n) is 9.65. The Kier molecular flexibility index (Phi) is 2.26. The molecule has 4 nitrogen and oxygen atoms in total. The Hall–Kier alpha value is -1.79. The van der Waals surface area contributed by atoms with Crippen LogP contribution in [0, 0.1) is 6.92 Å². The van der Waals surface area contributed by atoms with Crippen LogP contribution in [0.3, 0.4) is 0 Å². The van der Waals surface area contributed by atoms with Gasteiger partial charge in [-0.25, -0.2) is 9.97 Å². The van der Waals surface area contributed by atoms with Gasteiger partial charge in [0.25, 0.3) is 0 Å². The maximum atomic E-state index is 12.7. The topological polar surface area (TPSA) is 33.4 Å². The van der Waals surface area contributed by atoms with Crippen molar-refractivity contribution in [3.63, 3.8) is 0 Å². The second-order valence-electron chi connectivity index (χ2n) is 4.38. The van der Waals surface area contributed by atoms with Gasteiger partial charge in [0, 0.05) is 30.8 Å². The number of imidazole rings is 1. The molecule has 96 valence electrons. The molecule has 0 N–H and O–H groups in total. The van der Waals surface area contributed by atoms with Crippen molar-refractivity contribution in [2.45, 2.75) is 25.6 Å². The van der Waals surface area contributed by atoms with Crippen molar-refractivity contribution in [1.82, 2.24) is 14.4 Å². The normalized spacial score (nSPS) is 20.2. The molecule has 3 rings (SSSR count). The van der Waals surface area contributed by atoms with Gasteiger partial charge >= 0.3 is 6.18 Å². The van der Waals surface area contributed by atoms with Crippen LogP contribution >= 0.6 is 0 Å². The first-order valence-corrected chi connectivity index (χ1v) is 5.60. The van der Waals surface area contributed by atoms with Crippen LogP contribution in [0.25, 0.3) is 5.65 Å². The van der Waals surface area contributed by atoms with Crippen molar-refractivity contribution < 1.29 is 13.2 Å². The number of anilines is 1. The SMILES string of the molecule is Cc1cnc(N2CC[C@@H]2C(F)(F)F)c2nccn12. The molecule has 0 unspecified atom stereocenters.